The van der Waals surface area contributed by atoms with Crippen LogP contribution in [0.1, 0.15) is 39.5 Å². The molecule has 2 atom stereocenters. The van der Waals surface area contributed by atoms with Gasteiger partial charge in [-0.05, 0) is 31.6 Å². The third kappa shape index (κ3) is 1.62. The summed E-state index contributed by atoms with van der Waals surface area (Å²) in [4.78, 5) is 0. The van der Waals surface area contributed by atoms with Crippen LogP contribution in [0.15, 0.2) is 12.2 Å². The first kappa shape index (κ1) is 7.84. The first-order valence-electron chi connectivity index (χ1n) is 4.51. The van der Waals surface area contributed by atoms with E-state index in [1.54, 1.807) is 0 Å². The number of rotatable bonds is 2. The molecule has 0 heteroatoms. The van der Waals surface area contributed by atoms with Crippen LogP contribution in [0.5, 0.6) is 0 Å². The van der Waals surface area contributed by atoms with Gasteiger partial charge >= 0.3 is 0 Å². The molecule has 58 valence electrons. The summed E-state index contributed by atoms with van der Waals surface area (Å²) in [6.07, 6.45) is 10.3. The lowest BCUT2D eigenvalue weighted by Gasteiger charge is -2.12. The Morgan fingerprint density at radius 1 is 1.40 bits per heavy atom. The fourth-order valence-electron chi connectivity index (χ4n) is 2.07. The summed E-state index contributed by atoms with van der Waals surface area (Å²) >= 11 is 0. The van der Waals surface area contributed by atoms with Crippen molar-refractivity contribution in [3.63, 3.8) is 0 Å². The summed E-state index contributed by atoms with van der Waals surface area (Å²) in [5.74, 6) is 1.91. The van der Waals surface area contributed by atoms with Crippen molar-refractivity contribution in [3.8, 4) is 0 Å². The summed E-state index contributed by atoms with van der Waals surface area (Å²) in [6.45, 7) is 4.44. The molecule has 0 spiro atoms. The summed E-state index contributed by atoms with van der Waals surface area (Å²) < 4.78 is 0. The molecule has 1 saturated carbocycles. The molecule has 0 aromatic heterocycles. The fraction of sp³-hybridized carbons (Fsp3) is 0.800. The van der Waals surface area contributed by atoms with E-state index < -0.39 is 0 Å². The number of hydrogen-bond donors (Lipinski definition) is 0. The molecule has 2 unspecified atom stereocenters. The molecule has 0 aromatic rings. The van der Waals surface area contributed by atoms with E-state index in [0.29, 0.717) is 0 Å². The van der Waals surface area contributed by atoms with Crippen LogP contribution in [0.4, 0.5) is 0 Å². The molecule has 0 bridgehead atoms. The molecule has 10 heavy (non-hydrogen) atoms. The van der Waals surface area contributed by atoms with Crippen molar-refractivity contribution >= 4 is 0 Å². The van der Waals surface area contributed by atoms with Gasteiger partial charge in [-0.3, -0.25) is 0 Å². The smallest absolute Gasteiger partial charge is 0.0205 e. The topological polar surface area (TPSA) is 0 Å². The largest absolute Gasteiger partial charge is 0.0914 e. The Kier molecular flexibility index (Phi) is 2.98. The van der Waals surface area contributed by atoms with Crippen LogP contribution in [0.25, 0.3) is 0 Å². The first-order chi connectivity index (χ1) is 4.88. The van der Waals surface area contributed by atoms with Gasteiger partial charge in [0.25, 0.3) is 0 Å². The Bertz CT molecular complexity index is 113. The Labute approximate surface area is 64.3 Å². The standard InChI is InChI=1S/C10H18/c1-3-6-10-8-5-7-9(10)4-2/h3,6,9-10H,4-5,7-8H2,1-2H3/b6-3-. The highest BCUT2D eigenvalue weighted by Crippen LogP contribution is 2.34. The van der Waals surface area contributed by atoms with Crippen LogP contribution in [0.2, 0.25) is 0 Å². The average molecular weight is 138 g/mol. The minimum atomic E-state index is 0.912. The van der Waals surface area contributed by atoms with Crippen LogP contribution >= 0.6 is 0 Å². The molecule has 0 heterocycles. The Balaban J connectivity index is 2.41. The maximum Gasteiger partial charge on any atom is -0.0205 e. The normalized spacial score (nSPS) is 33.8. The summed E-state index contributed by atoms with van der Waals surface area (Å²) in [7, 11) is 0. The minimum Gasteiger partial charge on any atom is -0.0914 e. The van der Waals surface area contributed by atoms with Crippen molar-refractivity contribution in [1.29, 1.82) is 0 Å². The Hall–Kier alpha value is -0.260. The third-order valence-corrected chi connectivity index (χ3v) is 2.68. The van der Waals surface area contributed by atoms with Gasteiger partial charge in [0.05, 0.1) is 0 Å². The van der Waals surface area contributed by atoms with Crippen molar-refractivity contribution in [2.24, 2.45) is 11.8 Å². The average Bonchev–Trinajstić information content (AvgIpc) is 2.36. The van der Waals surface area contributed by atoms with Crippen molar-refractivity contribution in [3.05, 3.63) is 12.2 Å². The van der Waals surface area contributed by atoms with Gasteiger partial charge in [-0.1, -0.05) is 31.9 Å². The zero-order valence-electron chi connectivity index (χ0n) is 7.14. The monoisotopic (exact) mass is 138 g/mol. The van der Waals surface area contributed by atoms with Crippen LogP contribution in [0.3, 0.4) is 0 Å². The van der Waals surface area contributed by atoms with Crippen molar-refractivity contribution in [1.82, 2.24) is 0 Å². The van der Waals surface area contributed by atoms with E-state index in [9.17, 15) is 0 Å². The van der Waals surface area contributed by atoms with E-state index in [1.807, 2.05) is 0 Å². The van der Waals surface area contributed by atoms with E-state index >= 15 is 0 Å². The van der Waals surface area contributed by atoms with Crippen molar-refractivity contribution in [2.75, 3.05) is 0 Å². The molecular weight excluding hydrogens is 120 g/mol. The first-order valence-corrected chi connectivity index (χ1v) is 4.51. The van der Waals surface area contributed by atoms with Gasteiger partial charge in [0.15, 0.2) is 0 Å². The molecular formula is C10H18. The SMILES string of the molecule is C/C=C\C1CCCC1CC. The van der Waals surface area contributed by atoms with Crippen molar-refractivity contribution < 1.29 is 0 Å². The molecule has 0 amide bonds. The second-order valence-corrected chi connectivity index (χ2v) is 3.29. The molecule has 0 nitrogen and oxygen atoms in total. The molecule has 0 N–H and O–H groups in total. The Morgan fingerprint density at radius 3 is 2.80 bits per heavy atom. The van der Waals surface area contributed by atoms with E-state index in [4.69, 9.17) is 0 Å². The second-order valence-electron chi connectivity index (χ2n) is 3.29. The highest BCUT2D eigenvalue weighted by atomic mass is 14.3. The maximum atomic E-state index is 2.39. The highest BCUT2D eigenvalue weighted by molar-refractivity contribution is 4.92. The molecule has 0 radical (unpaired) electrons. The van der Waals surface area contributed by atoms with Crippen molar-refractivity contribution in [2.45, 2.75) is 39.5 Å². The van der Waals surface area contributed by atoms with E-state index in [0.717, 1.165) is 11.8 Å². The molecule has 1 fully saturated rings. The van der Waals surface area contributed by atoms with Gasteiger partial charge < -0.3 is 0 Å². The molecule has 1 aliphatic rings. The fourth-order valence-corrected chi connectivity index (χ4v) is 2.07. The summed E-state index contributed by atoms with van der Waals surface area (Å²) in [5.41, 5.74) is 0. The molecule has 1 rings (SSSR count). The van der Waals surface area contributed by atoms with Crippen LogP contribution < -0.4 is 0 Å². The summed E-state index contributed by atoms with van der Waals surface area (Å²) in [5, 5.41) is 0. The molecule has 0 aliphatic heterocycles. The van der Waals surface area contributed by atoms with Crippen LogP contribution in [-0.4, -0.2) is 0 Å². The second kappa shape index (κ2) is 3.80. The van der Waals surface area contributed by atoms with Gasteiger partial charge in [-0.15, -0.1) is 0 Å². The molecule has 1 aliphatic carbocycles. The predicted octanol–water partition coefficient (Wildman–Crippen LogP) is 3.39. The Morgan fingerprint density at radius 2 is 2.20 bits per heavy atom. The molecule has 0 saturated heterocycles. The highest BCUT2D eigenvalue weighted by Gasteiger charge is 2.22. The van der Waals surface area contributed by atoms with Gasteiger partial charge in [0, 0.05) is 0 Å². The van der Waals surface area contributed by atoms with Crippen LogP contribution in [0, 0.1) is 11.8 Å². The summed E-state index contributed by atoms with van der Waals surface area (Å²) in [6, 6.07) is 0. The van der Waals surface area contributed by atoms with E-state index in [1.165, 1.54) is 25.7 Å². The van der Waals surface area contributed by atoms with Gasteiger partial charge in [-0.2, -0.15) is 0 Å². The van der Waals surface area contributed by atoms with Gasteiger partial charge in [0.2, 0.25) is 0 Å². The van der Waals surface area contributed by atoms with Gasteiger partial charge in [0.1, 0.15) is 0 Å². The zero-order valence-corrected chi connectivity index (χ0v) is 7.14. The molecule has 0 aromatic carbocycles. The number of hydrogen-bond acceptors (Lipinski definition) is 0. The lowest BCUT2D eigenvalue weighted by Crippen LogP contribution is -2.02. The van der Waals surface area contributed by atoms with E-state index in [2.05, 4.69) is 26.0 Å². The van der Waals surface area contributed by atoms with E-state index in [-0.39, 0.29) is 0 Å². The third-order valence-electron chi connectivity index (χ3n) is 2.68. The maximum absolute atomic E-state index is 2.39. The lowest BCUT2D eigenvalue weighted by atomic mass is 9.93. The quantitative estimate of drug-likeness (QED) is 0.513. The number of allylic oxidation sites excluding steroid dienone is 2. The van der Waals surface area contributed by atoms with Gasteiger partial charge in [-0.25, -0.2) is 0 Å². The van der Waals surface area contributed by atoms with Crippen LogP contribution in [-0.2, 0) is 0 Å². The predicted molar refractivity (Wildman–Crippen MR) is 45.9 cm³/mol. The zero-order chi connectivity index (χ0) is 7.40. The lowest BCUT2D eigenvalue weighted by molar-refractivity contribution is 0.444. The minimum absolute atomic E-state index is 0.912.